The second kappa shape index (κ2) is 7.96. The van der Waals surface area contributed by atoms with Gasteiger partial charge in [-0.2, -0.15) is 0 Å². The molecule has 0 spiro atoms. The first kappa shape index (κ1) is 15.7. The molecule has 2 N–H and O–H groups in total. The zero-order valence-corrected chi connectivity index (χ0v) is 12.1. The van der Waals surface area contributed by atoms with Crippen LogP contribution in [0.3, 0.4) is 0 Å². The number of halogens is 1. The van der Waals surface area contributed by atoms with E-state index in [1.54, 1.807) is 12.1 Å². The van der Waals surface area contributed by atoms with Crippen LogP contribution in [0.5, 0.6) is 0 Å². The zero-order chi connectivity index (χ0) is 14.3. The van der Waals surface area contributed by atoms with Crippen molar-refractivity contribution in [3.05, 3.63) is 27.4 Å². The SMILES string of the molecule is CCCC(CC(=O)O)NC(=O)/C=C/c1ccc(Cl)s1. The summed E-state index contributed by atoms with van der Waals surface area (Å²) in [6, 6.07) is 3.25. The highest BCUT2D eigenvalue weighted by Crippen LogP contribution is 2.22. The first-order chi connectivity index (χ1) is 9.01. The summed E-state index contributed by atoms with van der Waals surface area (Å²) in [6.07, 6.45) is 4.47. The molecule has 0 aliphatic carbocycles. The summed E-state index contributed by atoms with van der Waals surface area (Å²) in [5, 5.41) is 11.4. The third-order valence-corrected chi connectivity index (χ3v) is 3.59. The number of carbonyl (C=O) groups excluding carboxylic acids is 1. The molecule has 0 saturated heterocycles. The Morgan fingerprint density at radius 2 is 2.26 bits per heavy atom. The van der Waals surface area contributed by atoms with Gasteiger partial charge in [-0.05, 0) is 24.6 Å². The van der Waals surface area contributed by atoms with Crippen molar-refractivity contribution in [1.29, 1.82) is 0 Å². The van der Waals surface area contributed by atoms with Crippen LogP contribution < -0.4 is 5.32 Å². The Balaban J connectivity index is 2.52. The van der Waals surface area contributed by atoms with Crippen LogP contribution in [-0.2, 0) is 9.59 Å². The van der Waals surface area contributed by atoms with Gasteiger partial charge in [0.2, 0.25) is 5.91 Å². The minimum absolute atomic E-state index is 0.0573. The normalized spacial score (nSPS) is 12.5. The molecule has 0 aliphatic rings. The molecule has 1 amide bonds. The third-order valence-electron chi connectivity index (χ3n) is 2.40. The fourth-order valence-electron chi connectivity index (χ4n) is 1.61. The van der Waals surface area contributed by atoms with Crippen molar-refractivity contribution in [2.24, 2.45) is 0 Å². The molecule has 1 aromatic rings. The van der Waals surface area contributed by atoms with Crippen molar-refractivity contribution < 1.29 is 14.7 Å². The molecule has 0 fully saturated rings. The molecule has 1 heterocycles. The van der Waals surface area contributed by atoms with E-state index in [0.717, 1.165) is 11.3 Å². The predicted octanol–water partition coefficient (Wildman–Crippen LogP) is 3.17. The Kier molecular flexibility index (Phi) is 6.59. The molecule has 0 bridgehead atoms. The van der Waals surface area contributed by atoms with Gasteiger partial charge in [-0.15, -0.1) is 11.3 Å². The molecule has 1 aromatic heterocycles. The van der Waals surface area contributed by atoms with Crippen molar-refractivity contribution >= 4 is 40.9 Å². The van der Waals surface area contributed by atoms with Crippen molar-refractivity contribution in [2.75, 3.05) is 0 Å². The summed E-state index contributed by atoms with van der Waals surface area (Å²) in [7, 11) is 0. The molecule has 1 rings (SSSR count). The van der Waals surface area contributed by atoms with Gasteiger partial charge in [-0.3, -0.25) is 9.59 Å². The van der Waals surface area contributed by atoms with Gasteiger partial charge >= 0.3 is 5.97 Å². The molecule has 19 heavy (non-hydrogen) atoms. The van der Waals surface area contributed by atoms with Gasteiger partial charge in [-0.1, -0.05) is 24.9 Å². The van der Waals surface area contributed by atoms with Crippen LogP contribution in [0.15, 0.2) is 18.2 Å². The highest BCUT2D eigenvalue weighted by atomic mass is 35.5. The summed E-state index contributed by atoms with van der Waals surface area (Å²) in [4.78, 5) is 23.2. The van der Waals surface area contributed by atoms with Gasteiger partial charge in [0.25, 0.3) is 0 Å². The Morgan fingerprint density at radius 1 is 1.53 bits per heavy atom. The molecule has 0 aliphatic heterocycles. The number of hydrogen-bond donors (Lipinski definition) is 2. The summed E-state index contributed by atoms with van der Waals surface area (Å²) in [5.74, 6) is -1.20. The van der Waals surface area contributed by atoms with Crippen LogP contribution in [0.4, 0.5) is 0 Å². The standard InChI is InChI=1S/C13H16ClNO3S/c1-2-3-9(8-13(17)18)15-12(16)7-5-10-4-6-11(14)19-10/h4-7,9H,2-3,8H2,1H3,(H,15,16)(H,17,18)/b7-5+. The van der Waals surface area contributed by atoms with E-state index in [0.29, 0.717) is 10.8 Å². The lowest BCUT2D eigenvalue weighted by molar-refractivity contribution is -0.137. The maximum atomic E-state index is 11.7. The van der Waals surface area contributed by atoms with Gasteiger partial charge in [-0.25, -0.2) is 0 Å². The first-order valence-corrected chi connectivity index (χ1v) is 7.16. The van der Waals surface area contributed by atoms with E-state index < -0.39 is 5.97 Å². The fourth-order valence-corrected chi connectivity index (χ4v) is 2.57. The molecular formula is C13H16ClNO3S. The fraction of sp³-hybridized carbons (Fsp3) is 0.385. The van der Waals surface area contributed by atoms with Crippen LogP contribution in [-0.4, -0.2) is 23.0 Å². The lowest BCUT2D eigenvalue weighted by Crippen LogP contribution is -2.35. The number of rotatable bonds is 7. The van der Waals surface area contributed by atoms with Crippen molar-refractivity contribution in [3.8, 4) is 0 Å². The first-order valence-electron chi connectivity index (χ1n) is 5.97. The number of nitrogens with one attached hydrogen (secondary N) is 1. The number of hydrogen-bond acceptors (Lipinski definition) is 3. The van der Waals surface area contributed by atoms with E-state index in [1.807, 2.05) is 13.0 Å². The van der Waals surface area contributed by atoms with Gasteiger partial charge < -0.3 is 10.4 Å². The molecule has 0 saturated carbocycles. The minimum Gasteiger partial charge on any atom is -0.481 e. The lowest BCUT2D eigenvalue weighted by Gasteiger charge is -2.14. The molecule has 0 radical (unpaired) electrons. The third kappa shape index (κ3) is 6.40. The average Bonchev–Trinajstić information content (AvgIpc) is 2.72. The van der Waals surface area contributed by atoms with Crippen LogP contribution in [0.1, 0.15) is 31.1 Å². The number of thiophene rings is 1. The molecule has 1 atom stereocenters. The van der Waals surface area contributed by atoms with Crippen molar-refractivity contribution in [2.45, 2.75) is 32.2 Å². The smallest absolute Gasteiger partial charge is 0.305 e. The van der Waals surface area contributed by atoms with Gasteiger partial charge in [0.05, 0.1) is 10.8 Å². The summed E-state index contributed by atoms with van der Waals surface area (Å²) in [6.45, 7) is 1.95. The van der Waals surface area contributed by atoms with Gasteiger partial charge in [0.1, 0.15) is 0 Å². The molecule has 6 heteroatoms. The van der Waals surface area contributed by atoms with Gasteiger partial charge in [0.15, 0.2) is 0 Å². The van der Waals surface area contributed by atoms with E-state index in [-0.39, 0.29) is 18.4 Å². The Hall–Kier alpha value is -1.33. The number of carboxylic acids is 1. The number of carbonyl (C=O) groups is 2. The van der Waals surface area contributed by atoms with Gasteiger partial charge in [0, 0.05) is 17.0 Å². The topological polar surface area (TPSA) is 66.4 Å². The highest BCUT2D eigenvalue weighted by Gasteiger charge is 2.13. The monoisotopic (exact) mass is 301 g/mol. The molecule has 0 aromatic carbocycles. The van der Waals surface area contributed by atoms with Crippen LogP contribution >= 0.6 is 22.9 Å². The largest absolute Gasteiger partial charge is 0.481 e. The minimum atomic E-state index is -0.909. The van der Waals surface area contributed by atoms with Crippen LogP contribution in [0.2, 0.25) is 4.34 Å². The summed E-state index contributed by atoms with van der Waals surface area (Å²) in [5.41, 5.74) is 0. The average molecular weight is 302 g/mol. The van der Waals surface area contributed by atoms with Crippen LogP contribution in [0.25, 0.3) is 6.08 Å². The zero-order valence-electron chi connectivity index (χ0n) is 10.6. The lowest BCUT2D eigenvalue weighted by atomic mass is 10.1. The van der Waals surface area contributed by atoms with E-state index in [1.165, 1.54) is 17.4 Å². The molecule has 1 unspecified atom stereocenters. The van der Waals surface area contributed by atoms with E-state index in [4.69, 9.17) is 16.7 Å². The molecule has 104 valence electrons. The Morgan fingerprint density at radius 3 is 2.79 bits per heavy atom. The van der Waals surface area contributed by atoms with E-state index in [2.05, 4.69) is 5.32 Å². The highest BCUT2D eigenvalue weighted by molar-refractivity contribution is 7.17. The Bertz CT molecular complexity index is 470. The number of amides is 1. The number of carboxylic acid groups (broad SMARTS) is 1. The second-order valence-corrected chi connectivity index (χ2v) is 5.81. The maximum absolute atomic E-state index is 11.7. The quantitative estimate of drug-likeness (QED) is 0.760. The van der Waals surface area contributed by atoms with E-state index in [9.17, 15) is 9.59 Å². The van der Waals surface area contributed by atoms with E-state index >= 15 is 0 Å². The summed E-state index contributed by atoms with van der Waals surface area (Å²) >= 11 is 7.15. The maximum Gasteiger partial charge on any atom is 0.305 e. The second-order valence-electron chi connectivity index (χ2n) is 4.07. The molecule has 4 nitrogen and oxygen atoms in total. The van der Waals surface area contributed by atoms with Crippen molar-refractivity contribution in [1.82, 2.24) is 5.32 Å². The number of aliphatic carboxylic acids is 1. The van der Waals surface area contributed by atoms with Crippen molar-refractivity contribution in [3.63, 3.8) is 0 Å². The Labute approximate surface area is 121 Å². The molecular weight excluding hydrogens is 286 g/mol. The summed E-state index contributed by atoms with van der Waals surface area (Å²) < 4.78 is 0.662. The predicted molar refractivity (Wildman–Crippen MR) is 77.5 cm³/mol. The van der Waals surface area contributed by atoms with Crippen LogP contribution in [0, 0.1) is 0 Å².